The monoisotopic (exact) mass is 491 g/mol. The number of nitrogens with zero attached hydrogens (tertiary/aromatic N) is 4. The van der Waals surface area contributed by atoms with Crippen LogP contribution in [0.2, 0.25) is 0 Å². The van der Waals surface area contributed by atoms with Crippen LogP contribution >= 0.6 is 11.8 Å². The molecule has 182 valence electrons. The van der Waals surface area contributed by atoms with Gasteiger partial charge in [-0.1, -0.05) is 55.9 Å². The van der Waals surface area contributed by atoms with Gasteiger partial charge < -0.3 is 5.32 Å². The van der Waals surface area contributed by atoms with E-state index in [9.17, 15) is 14.4 Å². The predicted octanol–water partition coefficient (Wildman–Crippen LogP) is 3.97. The molecule has 8 nitrogen and oxygen atoms in total. The van der Waals surface area contributed by atoms with Gasteiger partial charge in [-0.15, -0.1) is 0 Å². The van der Waals surface area contributed by atoms with Crippen molar-refractivity contribution in [2.45, 2.75) is 44.6 Å². The van der Waals surface area contributed by atoms with Crippen molar-refractivity contribution in [1.29, 1.82) is 0 Å². The van der Waals surface area contributed by atoms with Crippen molar-refractivity contribution in [3.8, 4) is 5.69 Å². The normalized spacial score (nSPS) is 12.3. The summed E-state index contributed by atoms with van der Waals surface area (Å²) in [5, 5.41) is 3.26. The van der Waals surface area contributed by atoms with E-state index >= 15 is 0 Å². The molecule has 4 aromatic rings. The van der Waals surface area contributed by atoms with Crippen molar-refractivity contribution in [2.24, 2.45) is 13.0 Å². The Balaban J connectivity index is 1.64. The van der Waals surface area contributed by atoms with E-state index in [0.29, 0.717) is 34.0 Å². The van der Waals surface area contributed by atoms with Crippen molar-refractivity contribution in [2.75, 3.05) is 5.32 Å². The van der Waals surface area contributed by atoms with E-state index < -0.39 is 5.25 Å². The van der Waals surface area contributed by atoms with Gasteiger partial charge in [-0.3, -0.25) is 23.6 Å². The van der Waals surface area contributed by atoms with Crippen LogP contribution in [-0.2, 0) is 18.4 Å². The third-order valence-corrected chi connectivity index (χ3v) is 6.92. The number of hydrogen-bond donors (Lipinski definition) is 1. The summed E-state index contributed by atoms with van der Waals surface area (Å²) >= 11 is 1.21. The van der Waals surface area contributed by atoms with Crippen LogP contribution in [0.15, 0.2) is 69.3 Å². The van der Waals surface area contributed by atoms with Gasteiger partial charge in [-0.05, 0) is 44.0 Å². The molecule has 0 aliphatic rings. The highest BCUT2D eigenvalue weighted by Gasteiger charge is 2.23. The van der Waals surface area contributed by atoms with Gasteiger partial charge >= 0.3 is 0 Å². The number of anilines is 1. The number of benzene rings is 2. The van der Waals surface area contributed by atoms with Crippen LogP contribution in [-0.4, -0.2) is 30.1 Å². The van der Waals surface area contributed by atoms with Gasteiger partial charge in [0.2, 0.25) is 5.91 Å². The van der Waals surface area contributed by atoms with E-state index in [1.807, 2.05) is 56.3 Å². The summed E-state index contributed by atoms with van der Waals surface area (Å²) in [6.07, 6.45) is 0. The molecule has 1 N–H and O–H groups in total. The van der Waals surface area contributed by atoms with Crippen LogP contribution in [0.1, 0.15) is 26.5 Å². The molecule has 2 aromatic carbocycles. The minimum Gasteiger partial charge on any atom is -0.319 e. The predicted molar refractivity (Wildman–Crippen MR) is 141 cm³/mol. The standard InChI is InChI=1S/C26H29N5O3S/c1-16(2)15-30-24(33)20-13-9-10-14-21(20)27-26(30)35-18(4)23(32)28-22-17(3)29(5)31(25(22)34)19-11-7-6-8-12-19/h6-14,16,18H,15H2,1-5H3,(H,28,32)/t18-/m1/s1. The fraction of sp³-hybridized carbons (Fsp3) is 0.308. The maximum Gasteiger partial charge on any atom is 0.295 e. The van der Waals surface area contributed by atoms with Crippen molar-refractivity contribution in [3.05, 3.63) is 81.0 Å². The molecule has 0 aliphatic heterocycles. The Morgan fingerprint density at radius 1 is 1.00 bits per heavy atom. The second kappa shape index (κ2) is 9.95. The maximum atomic E-state index is 13.2. The summed E-state index contributed by atoms with van der Waals surface area (Å²) < 4.78 is 4.88. The quantitative estimate of drug-likeness (QED) is 0.312. The van der Waals surface area contributed by atoms with Crippen LogP contribution in [0.4, 0.5) is 5.69 Å². The first kappa shape index (κ1) is 24.5. The lowest BCUT2D eigenvalue weighted by Gasteiger charge is -2.17. The van der Waals surface area contributed by atoms with E-state index in [1.54, 1.807) is 42.3 Å². The lowest BCUT2D eigenvalue weighted by Crippen LogP contribution is -2.29. The van der Waals surface area contributed by atoms with Gasteiger partial charge in [0.25, 0.3) is 11.1 Å². The maximum absolute atomic E-state index is 13.2. The molecule has 0 spiro atoms. The largest absolute Gasteiger partial charge is 0.319 e. The van der Waals surface area contributed by atoms with Gasteiger partial charge in [0.05, 0.1) is 27.5 Å². The minimum atomic E-state index is -0.592. The van der Waals surface area contributed by atoms with Gasteiger partial charge in [0.15, 0.2) is 5.16 Å². The number of amides is 1. The first-order valence-electron chi connectivity index (χ1n) is 11.5. The third-order valence-electron chi connectivity index (χ3n) is 5.83. The molecule has 0 fully saturated rings. The molecule has 0 saturated carbocycles. The molecule has 0 radical (unpaired) electrons. The van der Waals surface area contributed by atoms with E-state index in [1.165, 1.54) is 16.4 Å². The fourth-order valence-corrected chi connectivity index (χ4v) is 4.83. The highest BCUT2D eigenvalue weighted by molar-refractivity contribution is 8.00. The van der Waals surface area contributed by atoms with Gasteiger partial charge in [-0.25, -0.2) is 9.67 Å². The zero-order chi connectivity index (χ0) is 25.3. The van der Waals surface area contributed by atoms with Crippen LogP contribution in [0.3, 0.4) is 0 Å². The second-order valence-electron chi connectivity index (χ2n) is 8.91. The number of fused-ring (bicyclic) bond motifs is 1. The molecule has 0 unspecified atom stereocenters. The Labute approximate surface area is 207 Å². The topological polar surface area (TPSA) is 90.9 Å². The molecule has 1 amide bonds. The number of aromatic nitrogens is 4. The molecule has 1 atom stereocenters. The summed E-state index contributed by atoms with van der Waals surface area (Å²) in [7, 11) is 1.78. The number of nitrogens with one attached hydrogen (secondary N) is 1. The highest BCUT2D eigenvalue weighted by Crippen LogP contribution is 2.25. The summed E-state index contributed by atoms with van der Waals surface area (Å²) in [6.45, 7) is 8.09. The number of thioether (sulfide) groups is 1. The second-order valence-corrected chi connectivity index (χ2v) is 10.2. The first-order valence-corrected chi connectivity index (χ1v) is 12.4. The van der Waals surface area contributed by atoms with Crippen molar-refractivity contribution in [3.63, 3.8) is 0 Å². The van der Waals surface area contributed by atoms with E-state index in [-0.39, 0.29) is 28.6 Å². The molecule has 2 heterocycles. The van der Waals surface area contributed by atoms with Gasteiger partial charge in [-0.2, -0.15) is 0 Å². The lowest BCUT2D eigenvalue weighted by atomic mass is 10.2. The van der Waals surface area contributed by atoms with Crippen LogP contribution in [0.5, 0.6) is 0 Å². The molecule has 0 aliphatic carbocycles. The molecule has 0 bridgehead atoms. The Hall–Kier alpha value is -3.59. The van der Waals surface area contributed by atoms with Crippen LogP contribution in [0, 0.1) is 12.8 Å². The summed E-state index contributed by atoms with van der Waals surface area (Å²) in [5.74, 6) is -0.109. The van der Waals surface area contributed by atoms with E-state index in [0.717, 1.165) is 0 Å². The highest BCUT2D eigenvalue weighted by atomic mass is 32.2. The zero-order valence-electron chi connectivity index (χ0n) is 20.5. The number of hydrogen-bond acceptors (Lipinski definition) is 5. The van der Waals surface area contributed by atoms with Crippen molar-refractivity contribution >= 4 is 34.3 Å². The van der Waals surface area contributed by atoms with Crippen molar-refractivity contribution in [1.82, 2.24) is 18.9 Å². The number of carbonyl (C=O) groups excluding carboxylic acids is 1. The molecular weight excluding hydrogens is 462 g/mol. The fourth-order valence-electron chi connectivity index (χ4n) is 3.91. The summed E-state index contributed by atoms with van der Waals surface area (Å²) in [5.41, 5.74) is 1.76. The SMILES string of the molecule is Cc1c(NC(=O)[C@@H](C)Sc2nc3ccccc3c(=O)n2CC(C)C)c(=O)n(-c2ccccc2)n1C. The minimum absolute atomic E-state index is 0.121. The Morgan fingerprint density at radius 3 is 2.34 bits per heavy atom. The average molecular weight is 492 g/mol. The number of rotatable bonds is 7. The van der Waals surface area contributed by atoms with Crippen molar-refractivity contribution < 1.29 is 4.79 Å². The Morgan fingerprint density at radius 2 is 1.66 bits per heavy atom. The smallest absolute Gasteiger partial charge is 0.295 e. The Bertz CT molecular complexity index is 1500. The van der Waals surface area contributed by atoms with E-state index in [2.05, 4.69) is 10.3 Å². The molecule has 9 heteroatoms. The average Bonchev–Trinajstić information content (AvgIpc) is 3.04. The summed E-state index contributed by atoms with van der Waals surface area (Å²) in [4.78, 5) is 44.2. The van der Waals surface area contributed by atoms with Crippen LogP contribution in [0.25, 0.3) is 16.6 Å². The number of para-hydroxylation sites is 2. The third kappa shape index (κ3) is 4.81. The zero-order valence-corrected chi connectivity index (χ0v) is 21.3. The number of carbonyl (C=O) groups is 1. The molecule has 2 aromatic heterocycles. The van der Waals surface area contributed by atoms with Gasteiger partial charge in [0.1, 0.15) is 5.69 Å². The van der Waals surface area contributed by atoms with Crippen LogP contribution < -0.4 is 16.4 Å². The molecular formula is C26H29N5O3S. The van der Waals surface area contributed by atoms with Gasteiger partial charge in [0, 0.05) is 13.6 Å². The lowest BCUT2D eigenvalue weighted by molar-refractivity contribution is -0.115. The molecule has 35 heavy (non-hydrogen) atoms. The first-order chi connectivity index (χ1) is 16.7. The molecule has 4 rings (SSSR count). The summed E-state index contributed by atoms with van der Waals surface area (Å²) in [6, 6.07) is 16.5. The molecule has 0 saturated heterocycles. The Kier molecular flexibility index (Phi) is 6.98. The van der Waals surface area contributed by atoms with E-state index in [4.69, 9.17) is 0 Å².